The van der Waals surface area contributed by atoms with Gasteiger partial charge in [-0.05, 0) is 31.2 Å². The molecule has 130 valence electrons. The summed E-state index contributed by atoms with van der Waals surface area (Å²) in [5.41, 5.74) is 4.71. The highest BCUT2D eigenvalue weighted by molar-refractivity contribution is 5.97. The predicted molar refractivity (Wildman–Crippen MR) is 87.4 cm³/mol. The van der Waals surface area contributed by atoms with Crippen molar-refractivity contribution in [1.82, 2.24) is 0 Å². The number of nitrogens with one attached hydrogen (secondary N) is 1. The molecule has 2 rings (SSSR count). The number of carbonyl (C=O) groups is 2. The van der Waals surface area contributed by atoms with Gasteiger partial charge in [-0.15, -0.1) is 0 Å². The Morgan fingerprint density at radius 1 is 1.28 bits per heavy atom. The number of nitro groups is 1. The molecule has 3 N–H and O–H groups in total. The zero-order valence-corrected chi connectivity index (χ0v) is 13.1. The fraction of sp³-hybridized carbons (Fsp3) is 0.125. The zero-order chi connectivity index (χ0) is 18.6. The molecule has 1 amide bonds. The van der Waals surface area contributed by atoms with E-state index in [1.165, 1.54) is 43.3 Å². The molecule has 0 fully saturated rings. The maximum absolute atomic E-state index is 13.5. The normalized spacial score (nSPS) is 11.4. The number of carbonyl (C=O) groups excluding carboxylic acids is 2. The van der Waals surface area contributed by atoms with E-state index < -0.39 is 34.4 Å². The molecule has 2 aromatic carbocycles. The summed E-state index contributed by atoms with van der Waals surface area (Å²) in [5.74, 6) is -2.33. The lowest BCUT2D eigenvalue weighted by Gasteiger charge is -2.14. The summed E-state index contributed by atoms with van der Waals surface area (Å²) in [4.78, 5) is 34.1. The Labute approximate surface area is 141 Å². The second-order valence-electron chi connectivity index (χ2n) is 5.05. The first-order valence-electron chi connectivity index (χ1n) is 7.10. The number of benzene rings is 2. The molecule has 0 aromatic heterocycles. The van der Waals surface area contributed by atoms with Crippen LogP contribution in [0.4, 0.5) is 21.5 Å². The van der Waals surface area contributed by atoms with E-state index in [0.29, 0.717) is 0 Å². The maximum atomic E-state index is 13.5. The van der Waals surface area contributed by atoms with Gasteiger partial charge in [-0.25, -0.2) is 9.18 Å². The molecule has 25 heavy (non-hydrogen) atoms. The van der Waals surface area contributed by atoms with Gasteiger partial charge in [0.15, 0.2) is 6.10 Å². The SMILES string of the molecule is C[C@H](OC(=O)c1ccc(N)c([N+](=O)[O-])c1)C(=O)Nc1ccccc1F. The molecule has 2 aromatic rings. The van der Waals surface area contributed by atoms with Crippen LogP contribution in [-0.2, 0) is 9.53 Å². The molecule has 0 saturated carbocycles. The van der Waals surface area contributed by atoms with Gasteiger partial charge in [0.2, 0.25) is 0 Å². The Kier molecular flexibility index (Phi) is 5.28. The topological polar surface area (TPSA) is 125 Å². The molecule has 0 saturated heterocycles. The van der Waals surface area contributed by atoms with Crippen LogP contribution in [0.3, 0.4) is 0 Å². The zero-order valence-electron chi connectivity index (χ0n) is 13.1. The van der Waals surface area contributed by atoms with Crippen LogP contribution in [0.15, 0.2) is 42.5 Å². The second kappa shape index (κ2) is 7.39. The number of hydrogen-bond donors (Lipinski definition) is 2. The van der Waals surface area contributed by atoms with Crippen LogP contribution in [0.5, 0.6) is 0 Å². The smallest absolute Gasteiger partial charge is 0.339 e. The second-order valence-corrected chi connectivity index (χ2v) is 5.05. The minimum absolute atomic E-state index is 0.0569. The lowest BCUT2D eigenvalue weighted by molar-refractivity contribution is -0.383. The first-order chi connectivity index (χ1) is 11.8. The van der Waals surface area contributed by atoms with Gasteiger partial charge in [0.1, 0.15) is 11.5 Å². The van der Waals surface area contributed by atoms with E-state index in [9.17, 15) is 24.1 Å². The van der Waals surface area contributed by atoms with Crippen molar-refractivity contribution in [2.45, 2.75) is 13.0 Å². The largest absolute Gasteiger partial charge is 0.449 e. The van der Waals surface area contributed by atoms with Crippen LogP contribution in [0.2, 0.25) is 0 Å². The Bertz CT molecular complexity index is 840. The minimum Gasteiger partial charge on any atom is -0.449 e. The van der Waals surface area contributed by atoms with Gasteiger partial charge >= 0.3 is 5.97 Å². The molecule has 0 aliphatic heterocycles. The van der Waals surface area contributed by atoms with Crippen LogP contribution in [-0.4, -0.2) is 22.9 Å². The van der Waals surface area contributed by atoms with Crippen molar-refractivity contribution in [1.29, 1.82) is 0 Å². The van der Waals surface area contributed by atoms with Gasteiger partial charge in [0, 0.05) is 6.07 Å². The summed E-state index contributed by atoms with van der Waals surface area (Å²) < 4.78 is 18.4. The highest BCUT2D eigenvalue weighted by Gasteiger charge is 2.22. The number of rotatable bonds is 5. The quantitative estimate of drug-likeness (QED) is 0.370. The third-order valence-electron chi connectivity index (χ3n) is 3.25. The Hall–Kier alpha value is -3.49. The Balaban J connectivity index is 2.07. The summed E-state index contributed by atoms with van der Waals surface area (Å²) in [6, 6.07) is 8.90. The van der Waals surface area contributed by atoms with Crippen LogP contribution >= 0.6 is 0 Å². The van der Waals surface area contributed by atoms with Crippen molar-refractivity contribution < 1.29 is 23.6 Å². The summed E-state index contributed by atoms with van der Waals surface area (Å²) in [5, 5.41) is 13.1. The van der Waals surface area contributed by atoms with Crippen molar-refractivity contribution in [3.8, 4) is 0 Å². The average molecular weight is 347 g/mol. The van der Waals surface area contributed by atoms with E-state index in [0.717, 1.165) is 6.07 Å². The van der Waals surface area contributed by atoms with Crippen LogP contribution in [0, 0.1) is 15.9 Å². The third kappa shape index (κ3) is 4.28. The summed E-state index contributed by atoms with van der Waals surface area (Å²) in [6.45, 7) is 1.29. The predicted octanol–water partition coefficient (Wildman–Crippen LogP) is 2.50. The molecule has 1 atom stereocenters. The molecular formula is C16H14FN3O5. The highest BCUT2D eigenvalue weighted by Crippen LogP contribution is 2.23. The molecule has 0 bridgehead atoms. The van der Waals surface area contributed by atoms with Gasteiger partial charge in [-0.3, -0.25) is 14.9 Å². The van der Waals surface area contributed by atoms with Gasteiger partial charge in [-0.2, -0.15) is 0 Å². The Morgan fingerprint density at radius 2 is 1.96 bits per heavy atom. The number of anilines is 2. The van der Waals surface area contributed by atoms with Gasteiger partial charge in [0.05, 0.1) is 16.2 Å². The first-order valence-corrected chi connectivity index (χ1v) is 7.10. The molecule has 0 aliphatic carbocycles. The van der Waals surface area contributed by atoms with Crippen LogP contribution < -0.4 is 11.1 Å². The lowest BCUT2D eigenvalue weighted by atomic mass is 10.2. The molecule has 0 radical (unpaired) electrons. The molecular weight excluding hydrogens is 333 g/mol. The van der Waals surface area contributed by atoms with Crippen LogP contribution in [0.1, 0.15) is 17.3 Å². The number of para-hydroxylation sites is 1. The number of halogens is 1. The number of ether oxygens (including phenoxy) is 1. The standard InChI is InChI=1S/C16H14FN3O5/c1-9(15(21)19-13-5-3-2-4-11(13)17)25-16(22)10-6-7-12(18)14(8-10)20(23)24/h2-9H,18H2,1H3,(H,19,21)/t9-/m0/s1. The highest BCUT2D eigenvalue weighted by atomic mass is 19.1. The van der Waals surface area contributed by atoms with Crippen molar-refractivity contribution in [3.63, 3.8) is 0 Å². The van der Waals surface area contributed by atoms with Crippen molar-refractivity contribution in [2.24, 2.45) is 0 Å². The number of amides is 1. The van der Waals surface area contributed by atoms with Crippen molar-refractivity contribution in [2.75, 3.05) is 11.1 Å². The van der Waals surface area contributed by atoms with Gasteiger partial charge in [0.25, 0.3) is 11.6 Å². The fourth-order valence-corrected chi connectivity index (χ4v) is 1.91. The first kappa shape index (κ1) is 17.9. The average Bonchev–Trinajstić information content (AvgIpc) is 2.56. The van der Waals surface area contributed by atoms with Crippen molar-refractivity contribution in [3.05, 3.63) is 64.0 Å². The van der Waals surface area contributed by atoms with Crippen LogP contribution in [0.25, 0.3) is 0 Å². The molecule has 9 heteroatoms. The van der Waals surface area contributed by atoms with E-state index in [-0.39, 0.29) is 16.9 Å². The number of nitrogen functional groups attached to an aromatic ring is 1. The van der Waals surface area contributed by atoms with E-state index in [4.69, 9.17) is 10.5 Å². The lowest BCUT2D eigenvalue weighted by Crippen LogP contribution is -2.30. The number of hydrogen-bond acceptors (Lipinski definition) is 6. The number of nitrogens with two attached hydrogens (primary N) is 1. The molecule has 0 aliphatic rings. The monoisotopic (exact) mass is 347 g/mol. The summed E-state index contributed by atoms with van der Waals surface area (Å²) >= 11 is 0. The Morgan fingerprint density at radius 3 is 2.60 bits per heavy atom. The number of nitrogens with zero attached hydrogens (tertiary/aromatic N) is 1. The van der Waals surface area contributed by atoms with Gasteiger partial charge < -0.3 is 15.8 Å². The molecule has 0 unspecified atom stereocenters. The minimum atomic E-state index is -1.25. The van der Waals surface area contributed by atoms with Gasteiger partial charge in [-0.1, -0.05) is 12.1 Å². The van der Waals surface area contributed by atoms with E-state index in [1.54, 1.807) is 0 Å². The van der Waals surface area contributed by atoms with E-state index >= 15 is 0 Å². The summed E-state index contributed by atoms with van der Waals surface area (Å²) in [7, 11) is 0. The number of nitro benzene ring substituents is 1. The molecule has 0 heterocycles. The van der Waals surface area contributed by atoms with E-state index in [2.05, 4.69) is 5.32 Å². The maximum Gasteiger partial charge on any atom is 0.339 e. The number of esters is 1. The summed E-state index contributed by atoms with van der Waals surface area (Å²) in [6.07, 6.45) is -1.25. The van der Waals surface area contributed by atoms with E-state index in [1.807, 2.05) is 0 Å². The van der Waals surface area contributed by atoms with Crippen molar-refractivity contribution >= 4 is 28.9 Å². The third-order valence-corrected chi connectivity index (χ3v) is 3.25. The fourth-order valence-electron chi connectivity index (χ4n) is 1.91. The molecule has 0 spiro atoms. The molecule has 8 nitrogen and oxygen atoms in total.